The van der Waals surface area contributed by atoms with E-state index in [1.807, 2.05) is 6.07 Å². The normalized spacial score (nSPS) is 12.6. The van der Waals surface area contributed by atoms with Crippen molar-refractivity contribution < 1.29 is 13.2 Å². The van der Waals surface area contributed by atoms with Gasteiger partial charge in [-0.2, -0.15) is 0 Å². The summed E-state index contributed by atoms with van der Waals surface area (Å²) in [6.45, 7) is 2.21. The number of hydrogen-bond donors (Lipinski definition) is 0. The van der Waals surface area contributed by atoms with E-state index >= 15 is 4.39 Å². The molecule has 1 aliphatic rings. The zero-order valence-electron chi connectivity index (χ0n) is 17.0. The van der Waals surface area contributed by atoms with Crippen LogP contribution in [0.15, 0.2) is 42.5 Å². The highest BCUT2D eigenvalue weighted by Gasteiger charge is 2.23. The number of benzene rings is 3. The standard InChI is InChI=1S/C26H24ClF3/c1-2-3-4-5-6-16-7-9-19-17(13-16)8-10-22-21(19)12-11-20(26(22)30)18-14-23(28)25(27)24(29)15-18/h7,9,11-15H,2-6,8,10H2,1H3. The molecule has 0 heterocycles. The largest absolute Gasteiger partial charge is 0.206 e. The van der Waals surface area contributed by atoms with Crippen molar-refractivity contribution in [2.45, 2.75) is 51.9 Å². The van der Waals surface area contributed by atoms with Crippen LogP contribution >= 0.6 is 11.6 Å². The van der Waals surface area contributed by atoms with Crippen LogP contribution in [0.25, 0.3) is 22.3 Å². The molecule has 0 fully saturated rings. The summed E-state index contributed by atoms with van der Waals surface area (Å²) in [7, 11) is 0. The van der Waals surface area contributed by atoms with Crippen LogP contribution in [0.4, 0.5) is 13.2 Å². The second-order valence-electron chi connectivity index (χ2n) is 8.01. The van der Waals surface area contributed by atoms with Gasteiger partial charge >= 0.3 is 0 Å². The summed E-state index contributed by atoms with van der Waals surface area (Å²) in [6.07, 6.45) is 7.33. The van der Waals surface area contributed by atoms with Gasteiger partial charge in [0.1, 0.15) is 22.5 Å². The van der Waals surface area contributed by atoms with Gasteiger partial charge in [0, 0.05) is 5.56 Å². The van der Waals surface area contributed by atoms with Crippen molar-refractivity contribution in [3.8, 4) is 22.3 Å². The number of hydrogen-bond acceptors (Lipinski definition) is 0. The van der Waals surface area contributed by atoms with Gasteiger partial charge in [-0.1, -0.05) is 68.1 Å². The molecule has 3 aromatic rings. The number of fused-ring (bicyclic) bond motifs is 3. The lowest BCUT2D eigenvalue weighted by atomic mass is 9.82. The molecule has 30 heavy (non-hydrogen) atoms. The van der Waals surface area contributed by atoms with Crippen molar-refractivity contribution >= 4 is 11.6 Å². The minimum Gasteiger partial charge on any atom is -0.206 e. The molecule has 0 N–H and O–H groups in total. The molecule has 3 aromatic carbocycles. The molecule has 0 aromatic heterocycles. The highest BCUT2D eigenvalue weighted by molar-refractivity contribution is 6.31. The molecule has 0 unspecified atom stereocenters. The maximum Gasteiger partial charge on any atom is 0.145 e. The summed E-state index contributed by atoms with van der Waals surface area (Å²) in [6, 6.07) is 12.1. The van der Waals surface area contributed by atoms with E-state index in [0.29, 0.717) is 12.0 Å². The minimum absolute atomic E-state index is 0.155. The van der Waals surface area contributed by atoms with Gasteiger partial charge in [-0.3, -0.25) is 0 Å². The molecule has 4 rings (SSSR count). The van der Waals surface area contributed by atoms with E-state index in [9.17, 15) is 8.78 Å². The molecule has 0 atom stereocenters. The van der Waals surface area contributed by atoms with Crippen LogP contribution in [-0.2, 0) is 19.3 Å². The minimum atomic E-state index is -0.888. The van der Waals surface area contributed by atoms with Crippen LogP contribution in [0.3, 0.4) is 0 Å². The fourth-order valence-electron chi connectivity index (χ4n) is 4.34. The first kappa shape index (κ1) is 21.0. The van der Waals surface area contributed by atoms with Crippen LogP contribution in [0.2, 0.25) is 5.02 Å². The maximum absolute atomic E-state index is 15.3. The molecule has 0 aliphatic heterocycles. The van der Waals surface area contributed by atoms with Gasteiger partial charge < -0.3 is 0 Å². The van der Waals surface area contributed by atoms with Crippen LogP contribution in [0.5, 0.6) is 0 Å². The number of halogens is 4. The molecule has 0 spiro atoms. The summed E-state index contributed by atoms with van der Waals surface area (Å²) in [5.74, 6) is -2.19. The molecule has 4 heteroatoms. The first-order valence-electron chi connectivity index (χ1n) is 10.6. The van der Waals surface area contributed by atoms with E-state index < -0.39 is 22.5 Å². The third kappa shape index (κ3) is 4.00. The highest BCUT2D eigenvalue weighted by Crippen LogP contribution is 2.39. The Balaban J connectivity index is 1.66. The van der Waals surface area contributed by atoms with Crippen LogP contribution in [0, 0.1) is 17.5 Å². The molecular formula is C26H24ClF3. The molecule has 0 nitrogen and oxygen atoms in total. The van der Waals surface area contributed by atoms with Crippen molar-refractivity contribution in [2.75, 3.05) is 0 Å². The number of unbranched alkanes of at least 4 members (excludes halogenated alkanes) is 3. The highest BCUT2D eigenvalue weighted by atomic mass is 35.5. The SMILES string of the molecule is CCCCCCc1ccc2c(c1)CCc1c-2ccc(-c2cc(F)c(Cl)c(F)c2)c1F. The zero-order valence-corrected chi connectivity index (χ0v) is 17.8. The second kappa shape index (κ2) is 8.85. The summed E-state index contributed by atoms with van der Waals surface area (Å²) in [4.78, 5) is 0. The monoisotopic (exact) mass is 428 g/mol. The third-order valence-corrected chi connectivity index (χ3v) is 6.32. The van der Waals surface area contributed by atoms with Gasteiger partial charge in [-0.15, -0.1) is 0 Å². The fourth-order valence-corrected chi connectivity index (χ4v) is 4.45. The van der Waals surface area contributed by atoms with Crippen molar-refractivity contribution in [3.63, 3.8) is 0 Å². The van der Waals surface area contributed by atoms with Gasteiger partial charge in [0.25, 0.3) is 0 Å². The quantitative estimate of drug-likeness (QED) is 0.273. The predicted octanol–water partition coefficient (Wildman–Crippen LogP) is 8.31. The molecule has 0 radical (unpaired) electrons. The lowest BCUT2D eigenvalue weighted by molar-refractivity contribution is 0.583. The summed E-state index contributed by atoms with van der Waals surface area (Å²) in [5.41, 5.74) is 5.44. The van der Waals surface area contributed by atoms with Gasteiger partial charge in [0.05, 0.1) is 0 Å². The van der Waals surface area contributed by atoms with E-state index in [4.69, 9.17) is 11.6 Å². The maximum atomic E-state index is 15.3. The molecule has 1 aliphatic carbocycles. The molecule has 0 bridgehead atoms. The van der Waals surface area contributed by atoms with Gasteiger partial charge in [0.2, 0.25) is 0 Å². The molecule has 0 saturated heterocycles. The van der Waals surface area contributed by atoms with Crippen LogP contribution < -0.4 is 0 Å². The molecule has 0 saturated carbocycles. The smallest absolute Gasteiger partial charge is 0.145 e. The Morgan fingerprint density at radius 2 is 1.50 bits per heavy atom. The fraction of sp³-hybridized carbons (Fsp3) is 0.308. The average Bonchev–Trinajstić information content (AvgIpc) is 2.74. The third-order valence-electron chi connectivity index (χ3n) is 5.96. The predicted molar refractivity (Wildman–Crippen MR) is 117 cm³/mol. The summed E-state index contributed by atoms with van der Waals surface area (Å²) in [5, 5.41) is -0.573. The summed E-state index contributed by atoms with van der Waals surface area (Å²) < 4.78 is 43.1. The Morgan fingerprint density at radius 3 is 2.23 bits per heavy atom. The lowest BCUT2D eigenvalue weighted by Crippen LogP contribution is -2.08. The molecule has 0 amide bonds. The molecular weight excluding hydrogens is 405 g/mol. The van der Waals surface area contributed by atoms with E-state index in [1.165, 1.54) is 36.8 Å². The van der Waals surface area contributed by atoms with Gasteiger partial charge in [-0.05, 0) is 71.2 Å². The first-order valence-corrected chi connectivity index (χ1v) is 11.0. The Kier molecular flexibility index (Phi) is 6.19. The van der Waals surface area contributed by atoms with Crippen molar-refractivity contribution in [1.82, 2.24) is 0 Å². The topological polar surface area (TPSA) is 0 Å². The Labute approximate surface area is 180 Å². The van der Waals surface area contributed by atoms with Crippen molar-refractivity contribution in [3.05, 3.63) is 81.6 Å². The van der Waals surface area contributed by atoms with Gasteiger partial charge in [0.15, 0.2) is 0 Å². The lowest BCUT2D eigenvalue weighted by Gasteiger charge is -2.22. The van der Waals surface area contributed by atoms with E-state index in [2.05, 4.69) is 25.1 Å². The van der Waals surface area contributed by atoms with E-state index in [0.717, 1.165) is 36.1 Å². The number of rotatable bonds is 6. The van der Waals surface area contributed by atoms with Gasteiger partial charge in [-0.25, -0.2) is 13.2 Å². The first-order chi connectivity index (χ1) is 14.5. The van der Waals surface area contributed by atoms with E-state index in [-0.39, 0.29) is 11.1 Å². The zero-order chi connectivity index (χ0) is 21.3. The van der Waals surface area contributed by atoms with Crippen molar-refractivity contribution in [1.29, 1.82) is 0 Å². The molecule has 156 valence electrons. The Morgan fingerprint density at radius 1 is 0.800 bits per heavy atom. The second-order valence-corrected chi connectivity index (χ2v) is 8.39. The average molecular weight is 429 g/mol. The Bertz CT molecular complexity index is 1060. The summed E-state index contributed by atoms with van der Waals surface area (Å²) >= 11 is 5.56. The van der Waals surface area contributed by atoms with Crippen LogP contribution in [-0.4, -0.2) is 0 Å². The van der Waals surface area contributed by atoms with Crippen molar-refractivity contribution in [2.24, 2.45) is 0 Å². The van der Waals surface area contributed by atoms with Crippen LogP contribution in [0.1, 0.15) is 49.3 Å². The van der Waals surface area contributed by atoms with E-state index in [1.54, 1.807) is 6.07 Å². The Hall–Kier alpha value is -2.26. The number of aryl methyl sites for hydroxylation is 2.